The van der Waals surface area contributed by atoms with Gasteiger partial charge in [0.05, 0.1) is 5.56 Å². The second-order valence-corrected chi connectivity index (χ2v) is 4.85. The summed E-state index contributed by atoms with van der Waals surface area (Å²) < 4.78 is 50.7. The Bertz CT molecular complexity index is 439. The number of likely N-dealkylation sites (tertiary alicyclic amines) is 1. The average molecular weight is 276 g/mol. The minimum absolute atomic E-state index is 0.400. The quantitative estimate of drug-likeness (QED) is 0.860. The van der Waals surface area contributed by atoms with E-state index in [9.17, 15) is 17.6 Å². The lowest BCUT2D eigenvalue weighted by Gasteiger charge is -2.21. The van der Waals surface area contributed by atoms with Crippen LogP contribution >= 0.6 is 0 Å². The van der Waals surface area contributed by atoms with E-state index in [0.717, 1.165) is 38.1 Å². The van der Waals surface area contributed by atoms with Crippen LogP contribution in [-0.4, -0.2) is 24.5 Å². The zero-order chi connectivity index (χ0) is 14.0. The first-order valence-corrected chi connectivity index (χ1v) is 6.22. The van der Waals surface area contributed by atoms with Crippen molar-refractivity contribution in [3.63, 3.8) is 0 Å². The summed E-state index contributed by atoms with van der Waals surface area (Å²) in [5.41, 5.74) is 5.07. The van der Waals surface area contributed by atoms with E-state index in [1.807, 2.05) is 0 Å². The first-order chi connectivity index (χ1) is 8.88. The number of halogens is 4. The number of rotatable bonds is 3. The standard InChI is InChI=1S/C13H16F4N2/c14-11-7-9(3-4-10(11)13(15,16)17)12(18)8-19-5-1-2-6-19/h3-4,7,12H,1-2,5-6,8,18H2/t12-/m1/s1. The van der Waals surface area contributed by atoms with Crippen molar-refractivity contribution in [2.75, 3.05) is 19.6 Å². The molecule has 0 spiro atoms. The molecule has 0 saturated carbocycles. The SMILES string of the molecule is N[C@H](CN1CCCC1)c1ccc(C(F)(F)F)c(F)c1. The van der Waals surface area contributed by atoms with E-state index in [4.69, 9.17) is 5.73 Å². The maximum atomic E-state index is 13.4. The topological polar surface area (TPSA) is 29.3 Å². The van der Waals surface area contributed by atoms with E-state index < -0.39 is 23.6 Å². The van der Waals surface area contributed by atoms with Crippen LogP contribution in [0.3, 0.4) is 0 Å². The zero-order valence-corrected chi connectivity index (χ0v) is 10.4. The van der Waals surface area contributed by atoms with Crippen LogP contribution in [0.25, 0.3) is 0 Å². The third-order valence-electron chi connectivity index (χ3n) is 3.38. The zero-order valence-electron chi connectivity index (χ0n) is 10.4. The number of hydrogen-bond donors (Lipinski definition) is 1. The molecule has 1 aliphatic heterocycles. The molecule has 0 aliphatic carbocycles. The fraction of sp³-hybridized carbons (Fsp3) is 0.538. The molecule has 1 aromatic carbocycles. The Hall–Kier alpha value is -1.14. The highest BCUT2D eigenvalue weighted by Crippen LogP contribution is 2.32. The molecule has 2 N–H and O–H groups in total. The van der Waals surface area contributed by atoms with Crippen molar-refractivity contribution >= 4 is 0 Å². The Balaban J connectivity index is 2.10. The molecule has 0 bridgehead atoms. The molecule has 1 saturated heterocycles. The van der Waals surface area contributed by atoms with Crippen molar-refractivity contribution < 1.29 is 17.6 Å². The van der Waals surface area contributed by atoms with Crippen molar-refractivity contribution in [3.05, 3.63) is 35.1 Å². The molecule has 19 heavy (non-hydrogen) atoms. The van der Waals surface area contributed by atoms with Gasteiger partial charge in [0.2, 0.25) is 0 Å². The first-order valence-electron chi connectivity index (χ1n) is 6.22. The smallest absolute Gasteiger partial charge is 0.323 e. The van der Waals surface area contributed by atoms with E-state index in [-0.39, 0.29) is 0 Å². The number of benzene rings is 1. The highest BCUT2D eigenvalue weighted by atomic mass is 19.4. The minimum Gasteiger partial charge on any atom is -0.323 e. The highest BCUT2D eigenvalue weighted by Gasteiger charge is 2.34. The van der Waals surface area contributed by atoms with E-state index in [2.05, 4.69) is 4.90 Å². The summed E-state index contributed by atoms with van der Waals surface area (Å²) in [4.78, 5) is 2.14. The predicted octanol–water partition coefficient (Wildman–Crippen LogP) is 2.94. The predicted molar refractivity (Wildman–Crippen MR) is 64.0 cm³/mol. The molecule has 2 rings (SSSR count). The Labute approximate surface area is 109 Å². The van der Waals surface area contributed by atoms with Gasteiger partial charge in [-0.05, 0) is 43.6 Å². The fourth-order valence-corrected chi connectivity index (χ4v) is 2.34. The largest absolute Gasteiger partial charge is 0.419 e. The van der Waals surface area contributed by atoms with Gasteiger partial charge in [-0.2, -0.15) is 13.2 Å². The summed E-state index contributed by atoms with van der Waals surface area (Å²) in [7, 11) is 0. The fourth-order valence-electron chi connectivity index (χ4n) is 2.34. The van der Waals surface area contributed by atoms with Crippen LogP contribution in [0.15, 0.2) is 18.2 Å². The Morgan fingerprint density at radius 1 is 1.21 bits per heavy atom. The maximum absolute atomic E-state index is 13.4. The van der Waals surface area contributed by atoms with E-state index >= 15 is 0 Å². The van der Waals surface area contributed by atoms with Crippen molar-refractivity contribution in [3.8, 4) is 0 Å². The lowest BCUT2D eigenvalue weighted by atomic mass is 10.0. The molecule has 0 amide bonds. The lowest BCUT2D eigenvalue weighted by molar-refractivity contribution is -0.140. The van der Waals surface area contributed by atoms with Gasteiger partial charge in [-0.3, -0.25) is 0 Å². The van der Waals surface area contributed by atoms with E-state index in [1.54, 1.807) is 0 Å². The number of nitrogens with two attached hydrogens (primary N) is 1. The molecule has 1 aliphatic rings. The third-order valence-corrected chi connectivity index (χ3v) is 3.38. The summed E-state index contributed by atoms with van der Waals surface area (Å²) in [6.45, 7) is 2.43. The Morgan fingerprint density at radius 2 is 1.84 bits per heavy atom. The van der Waals surface area contributed by atoms with Gasteiger partial charge in [-0.1, -0.05) is 6.07 Å². The summed E-state index contributed by atoms with van der Waals surface area (Å²) in [6.07, 6.45) is -2.45. The minimum atomic E-state index is -4.67. The second kappa shape index (κ2) is 5.46. The molecule has 106 valence electrons. The van der Waals surface area contributed by atoms with Gasteiger partial charge in [-0.25, -0.2) is 4.39 Å². The molecule has 0 unspecified atom stereocenters. The van der Waals surface area contributed by atoms with Gasteiger partial charge in [-0.15, -0.1) is 0 Å². The highest BCUT2D eigenvalue weighted by molar-refractivity contribution is 5.28. The van der Waals surface area contributed by atoms with Crippen molar-refractivity contribution in [1.82, 2.24) is 4.90 Å². The summed E-state index contributed by atoms with van der Waals surface area (Å²) in [5.74, 6) is -1.26. The molecule has 1 fully saturated rings. The molecular formula is C13H16F4N2. The third kappa shape index (κ3) is 3.45. The molecule has 6 heteroatoms. The van der Waals surface area contributed by atoms with Gasteiger partial charge < -0.3 is 10.6 Å². The Kier molecular flexibility index (Phi) is 4.10. The van der Waals surface area contributed by atoms with Gasteiger partial charge in [0.1, 0.15) is 5.82 Å². The lowest BCUT2D eigenvalue weighted by Crippen LogP contribution is -2.30. The van der Waals surface area contributed by atoms with Crippen LogP contribution in [0.4, 0.5) is 17.6 Å². The Morgan fingerprint density at radius 3 is 2.37 bits per heavy atom. The van der Waals surface area contributed by atoms with Gasteiger partial charge >= 0.3 is 6.18 Å². The van der Waals surface area contributed by atoms with Gasteiger partial charge in [0.15, 0.2) is 0 Å². The number of nitrogens with zero attached hydrogens (tertiary/aromatic N) is 1. The van der Waals surface area contributed by atoms with Gasteiger partial charge in [0.25, 0.3) is 0 Å². The van der Waals surface area contributed by atoms with E-state index in [1.165, 1.54) is 6.07 Å². The van der Waals surface area contributed by atoms with Crippen molar-refractivity contribution in [2.45, 2.75) is 25.1 Å². The second-order valence-electron chi connectivity index (χ2n) is 4.85. The van der Waals surface area contributed by atoms with Crippen LogP contribution in [0.5, 0.6) is 0 Å². The molecule has 1 aromatic rings. The van der Waals surface area contributed by atoms with Crippen LogP contribution in [0.1, 0.15) is 30.0 Å². The maximum Gasteiger partial charge on any atom is 0.419 e. The van der Waals surface area contributed by atoms with Gasteiger partial charge in [0, 0.05) is 12.6 Å². The molecule has 0 radical (unpaired) electrons. The molecule has 0 aromatic heterocycles. The molecular weight excluding hydrogens is 260 g/mol. The monoisotopic (exact) mass is 276 g/mol. The first kappa shape index (κ1) is 14.3. The van der Waals surface area contributed by atoms with Crippen molar-refractivity contribution in [2.24, 2.45) is 5.73 Å². The van der Waals surface area contributed by atoms with Crippen LogP contribution in [0, 0.1) is 5.82 Å². The summed E-state index contributed by atoms with van der Waals surface area (Å²) in [6, 6.07) is 2.44. The molecule has 1 heterocycles. The van der Waals surface area contributed by atoms with Crippen LogP contribution in [0.2, 0.25) is 0 Å². The normalized spacial score (nSPS) is 18.8. The molecule has 2 nitrogen and oxygen atoms in total. The summed E-state index contributed by atoms with van der Waals surface area (Å²) >= 11 is 0. The van der Waals surface area contributed by atoms with E-state index in [0.29, 0.717) is 12.1 Å². The summed E-state index contributed by atoms with van der Waals surface area (Å²) in [5, 5.41) is 0. The van der Waals surface area contributed by atoms with Crippen LogP contribution < -0.4 is 5.73 Å². The average Bonchev–Trinajstić information content (AvgIpc) is 2.79. The number of hydrogen-bond acceptors (Lipinski definition) is 2. The molecule has 1 atom stereocenters. The number of alkyl halides is 3. The van der Waals surface area contributed by atoms with Crippen LogP contribution in [-0.2, 0) is 6.18 Å². The van der Waals surface area contributed by atoms with Crippen molar-refractivity contribution in [1.29, 1.82) is 0 Å².